The van der Waals surface area contributed by atoms with E-state index in [4.69, 9.17) is 19.6 Å². The molecule has 0 radical (unpaired) electrons. The molecule has 0 fully saturated rings. The van der Waals surface area contributed by atoms with E-state index in [1.807, 2.05) is 78.1 Å². The lowest BCUT2D eigenvalue weighted by Gasteiger charge is -2.20. The molecule has 0 saturated carbocycles. The minimum atomic E-state index is -0.111. The minimum Gasteiger partial charge on any atom is -0.497 e. The average molecular weight is 586 g/mol. The van der Waals surface area contributed by atoms with Crippen LogP contribution in [0.1, 0.15) is 39.6 Å². The molecule has 2 aromatic carbocycles. The summed E-state index contributed by atoms with van der Waals surface area (Å²) < 4.78 is 11.4. The first kappa shape index (κ1) is 28.5. The van der Waals surface area contributed by atoms with Crippen molar-refractivity contribution in [3.05, 3.63) is 106 Å². The second-order valence-electron chi connectivity index (χ2n) is 9.40. The Morgan fingerprint density at radius 1 is 1.05 bits per heavy atom. The monoisotopic (exact) mass is 585 g/mol. The molecule has 4 aromatic rings. The summed E-state index contributed by atoms with van der Waals surface area (Å²) >= 11 is 3.19. The maximum absolute atomic E-state index is 11.6. The van der Waals surface area contributed by atoms with E-state index in [0.717, 1.165) is 60.0 Å². The van der Waals surface area contributed by atoms with Crippen molar-refractivity contribution in [2.24, 2.45) is 10.1 Å². The first-order valence-corrected chi connectivity index (χ1v) is 15.1. The van der Waals surface area contributed by atoms with Gasteiger partial charge in [0.05, 0.1) is 26.9 Å². The standard InChI is InChI=1S/C31H31N5O3S2/c1-20-27(19-39-18-22-7-13-26(38-3)14-8-22)41-30-28(20)29(24-9-11-25(12-10-24)33-21(2)37)35-36(31(34-30)40-4)17-23-6-5-15-32-16-23/h5-16H,17-19H2,1-4H3,(H,33,37). The zero-order valence-corrected chi connectivity index (χ0v) is 25.0. The lowest BCUT2D eigenvalue weighted by Crippen LogP contribution is -2.24. The Balaban J connectivity index is 1.49. The van der Waals surface area contributed by atoms with Crippen molar-refractivity contribution in [1.82, 2.24) is 9.99 Å². The third-order valence-corrected chi connectivity index (χ3v) is 8.31. The first-order chi connectivity index (χ1) is 19.9. The second kappa shape index (κ2) is 13.1. The maximum Gasteiger partial charge on any atom is 0.221 e. The number of hydrogen-bond acceptors (Lipinski definition) is 9. The number of nitrogens with one attached hydrogen (secondary N) is 1. The van der Waals surface area contributed by atoms with Gasteiger partial charge in [0.1, 0.15) is 16.5 Å². The predicted molar refractivity (Wildman–Crippen MR) is 167 cm³/mol. The largest absolute Gasteiger partial charge is 0.497 e. The van der Waals surface area contributed by atoms with Gasteiger partial charge in [-0.3, -0.25) is 9.78 Å². The smallest absolute Gasteiger partial charge is 0.221 e. The van der Waals surface area contributed by atoms with E-state index in [-0.39, 0.29) is 5.91 Å². The van der Waals surface area contributed by atoms with Gasteiger partial charge in [0.25, 0.3) is 0 Å². The number of methoxy groups -OCH3 is 1. The number of ether oxygens (including phenoxy) is 2. The normalized spacial score (nSPS) is 12.7. The summed E-state index contributed by atoms with van der Waals surface area (Å²) in [6, 6.07) is 19.6. The predicted octanol–water partition coefficient (Wildman–Crippen LogP) is 6.75. The molecule has 0 aliphatic carbocycles. The quantitative estimate of drug-likeness (QED) is 0.234. The van der Waals surface area contributed by atoms with Gasteiger partial charge >= 0.3 is 0 Å². The Kier molecular flexibility index (Phi) is 9.13. The van der Waals surface area contributed by atoms with Crippen LogP contribution in [0.4, 0.5) is 10.7 Å². The van der Waals surface area contributed by atoms with Crippen molar-refractivity contribution in [3.63, 3.8) is 0 Å². The summed E-state index contributed by atoms with van der Waals surface area (Å²) in [4.78, 5) is 22.0. The van der Waals surface area contributed by atoms with Crippen LogP contribution in [0.5, 0.6) is 5.75 Å². The number of benzene rings is 2. The zero-order valence-electron chi connectivity index (χ0n) is 23.4. The summed E-state index contributed by atoms with van der Waals surface area (Å²) in [5.74, 6) is 0.712. The van der Waals surface area contributed by atoms with E-state index in [9.17, 15) is 4.79 Å². The molecule has 2 aromatic heterocycles. The van der Waals surface area contributed by atoms with Crippen molar-refractivity contribution >= 4 is 50.6 Å². The van der Waals surface area contributed by atoms with Crippen molar-refractivity contribution in [2.75, 3.05) is 18.7 Å². The first-order valence-electron chi connectivity index (χ1n) is 13.0. The molecular formula is C31H31N5O3S2. The van der Waals surface area contributed by atoms with Crippen LogP contribution in [0.25, 0.3) is 0 Å². The van der Waals surface area contributed by atoms with Crippen LogP contribution in [0.15, 0.2) is 83.2 Å². The summed E-state index contributed by atoms with van der Waals surface area (Å²) in [7, 11) is 1.66. The van der Waals surface area contributed by atoms with Crippen molar-refractivity contribution in [1.29, 1.82) is 0 Å². The second-order valence-corrected chi connectivity index (χ2v) is 11.3. The number of amidine groups is 1. The molecular weight excluding hydrogens is 555 g/mol. The van der Waals surface area contributed by atoms with E-state index >= 15 is 0 Å². The van der Waals surface area contributed by atoms with Crippen LogP contribution in [0.2, 0.25) is 0 Å². The molecule has 10 heteroatoms. The van der Waals surface area contributed by atoms with Crippen LogP contribution in [-0.2, 0) is 29.3 Å². The summed E-state index contributed by atoms with van der Waals surface area (Å²) in [5.41, 5.74) is 6.69. The SMILES string of the molecule is COc1ccc(COCc2sc3c(c2C)C(c2ccc(NC(C)=O)cc2)=NN(Cc2cccnc2)C(SC)=N3)cc1. The molecule has 0 atom stereocenters. The van der Waals surface area contributed by atoms with E-state index in [0.29, 0.717) is 19.8 Å². The number of aromatic nitrogens is 1. The van der Waals surface area contributed by atoms with Gasteiger partial charge in [-0.05, 0) is 60.2 Å². The van der Waals surface area contributed by atoms with Gasteiger partial charge in [-0.2, -0.15) is 5.10 Å². The average Bonchev–Trinajstić information content (AvgIpc) is 3.19. The van der Waals surface area contributed by atoms with E-state index in [1.165, 1.54) is 6.92 Å². The molecule has 8 nitrogen and oxygen atoms in total. The highest BCUT2D eigenvalue weighted by Crippen LogP contribution is 2.40. The van der Waals surface area contributed by atoms with Gasteiger partial charge in [-0.1, -0.05) is 42.1 Å². The number of thioether (sulfide) groups is 1. The number of hydrazone groups is 1. The van der Waals surface area contributed by atoms with E-state index in [2.05, 4.69) is 17.2 Å². The highest BCUT2D eigenvalue weighted by Gasteiger charge is 2.27. The number of pyridine rings is 1. The molecule has 3 heterocycles. The number of rotatable bonds is 9. The fraction of sp³-hybridized carbons (Fsp3) is 0.226. The van der Waals surface area contributed by atoms with Gasteiger partial charge in [-0.15, -0.1) is 11.3 Å². The van der Waals surface area contributed by atoms with Crippen LogP contribution in [0.3, 0.4) is 0 Å². The number of carbonyl (C=O) groups is 1. The molecule has 5 rings (SSSR count). The van der Waals surface area contributed by atoms with Crippen LogP contribution in [-0.4, -0.2) is 40.1 Å². The number of amides is 1. The number of carbonyl (C=O) groups excluding carboxylic acids is 1. The van der Waals surface area contributed by atoms with Crippen LogP contribution >= 0.6 is 23.1 Å². The number of anilines is 1. The number of aliphatic imine (C=N–C) groups is 1. The van der Waals surface area contributed by atoms with E-state index in [1.54, 1.807) is 36.4 Å². The lowest BCUT2D eigenvalue weighted by atomic mass is 10.00. The third kappa shape index (κ3) is 6.84. The topological polar surface area (TPSA) is 88.4 Å². The summed E-state index contributed by atoms with van der Waals surface area (Å²) in [5, 5.41) is 11.6. The molecule has 1 aliphatic heterocycles. The molecule has 210 valence electrons. The summed E-state index contributed by atoms with van der Waals surface area (Å²) in [6.07, 6.45) is 5.62. The number of hydrogen-bond donors (Lipinski definition) is 1. The Hall–Kier alpha value is -3.99. The zero-order chi connectivity index (χ0) is 28.8. The minimum absolute atomic E-state index is 0.111. The fourth-order valence-corrected chi connectivity index (χ4v) is 6.09. The van der Waals surface area contributed by atoms with Crippen LogP contribution < -0.4 is 10.1 Å². The van der Waals surface area contributed by atoms with E-state index < -0.39 is 0 Å². The van der Waals surface area contributed by atoms with Gasteiger partial charge in [0, 0.05) is 41.0 Å². The number of thiophene rings is 1. The van der Waals surface area contributed by atoms with Gasteiger partial charge in [0.15, 0.2) is 5.17 Å². The Morgan fingerprint density at radius 3 is 2.49 bits per heavy atom. The van der Waals surface area contributed by atoms with Gasteiger partial charge < -0.3 is 14.8 Å². The molecule has 0 bridgehead atoms. The van der Waals surface area contributed by atoms with Gasteiger partial charge in [-0.25, -0.2) is 10.0 Å². The maximum atomic E-state index is 11.6. The van der Waals surface area contributed by atoms with Crippen molar-refractivity contribution in [3.8, 4) is 5.75 Å². The molecule has 1 aliphatic rings. The van der Waals surface area contributed by atoms with Crippen LogP contribution in [0, 0.1) is 6.92 Å². The molecule has 0 saturated heterocycles. The highest BCUT2D eigenvalue weighted by atomic mass is 32.2. The molecule has 41 heavy (non-hydrogen) atoms. The fourth-order valence-electron chi connectivity index (χ4n) is 4.42. The highest BCUT2D eigenvalue weighted by molar-refractivity contribution is 8.13. The van der Waals surface area contributed by atoms with Crippen molar-refractivity contribution < 1.29 is 14.3 Å². The Labute approximate surface area is 248 Å². The number of nitrogens with zero attached hydrogens (tertiary/aromatic N) is 4. The molecule has 0 unspecified atom stereocenters. The van der Waals surface area contributed by atoms with Gasteiger partial charge in [0.2, 0.25) is 5.91 Å². The third-order valence-electron chi connectivity index (χ3n) is 6.48. The molecule has 0 spiro atoms. The molecule has 1 N–H and O–H groups in total. The number of fused-ring (bicyclic) bond motifs is 1. The Bertz CT molecular complexity index is 1570. The molecule has 1 amide bonds. The summed E-state index contributed by atoms with van der Waals surface area (Å²) in [6.45, 7) is 5.10. The Morgan fingerprint density at radius 2 is 1.83 bits per heavy atom. The lowest BCUT2D eigenvalue weighted by molar-refractivity contribution is -0.114. The van der Waals surface area contributed by atoms with Crippen molar-refractivity contribution in [2.45, 2.75) is 33.6 Å².